The monoisotopic (exact) mass is 429 g/mol. The van der Waals surface area contributed by atoms with Gasteiger partial charge in [0.25, 0.3) is 0 Å². The second-order valence-electron chi connectivity index (χ2n) is 9.64. The lowest BCUT2D eigenvalue weighted by molar-refractivity contribution is -0.135. The molecule has 164 valence electrons. The third kappa shape index (κ3) is 3.56. The molecular weight excluding hydrogens is 402 g/mol. The summed E-state index contributed by atoms with van der Waals surface area (Å²) in [7, 11) is 0. The highest BCUT2D eigenvalue weighted by atomic mass is 16.2. The number of anilines is 2. The van der Waals surface area contributed by atoms with Crippen LogP contribution in [0.3, 0.4) is 0 Å². The summed E-state index contributed by atoms with van der Waals surface area (Å²) in [5.41, 5.74) is 8.96. The smallest absolute Gasteiger partial charge is 0.226 e. The van der Waals surface area contributed by atoms with Gasteiger partial charge in [0, 0.05) is 43.2 Å². The van der Waals surface area contributed by atoms with Crippen molar-refractivity contribution in [2.45, 2.75) is 50.5 Å². The molecule has 4 aliphatic rings. The van der Waals surface area contributed by atoms with Gasteiger partial charge in [0.2, 0.25) is 11.9 Å². The van der Waals surface area contributed by atoms with Crippen molar-refractivity contribution in [1.82, 2.24) is 19.9 Å². The van der Waals surface area contributed by atoms with Crippen molar-refractivity contribution in [3.63, 3.8) is 0 Å². The molecule has 0 radical (unpaired) electrons. The Kier molecular flexibility index (Phi) is 4.53. The van der Waals surface area contributed by atoms with Crippen LogP contribution in [0.15, 0.2) is 18.3 Å². The van der Waals surface area contributed by atoms with Crippen molar-refractivity contribution < 1.29 is 4.79 Å². The number of nitrogen functional groups attached to an aromatic ring is 1. The maximum absolute atomic E-state index is 12.9. The highest BCUT2D eigenvalue weighted by molar-refractivity contribution is 5.82. The molecule has 8 nitrogen and oxygen atoms in total. The van der Waals surface area contributed by atoms with E-state index in [0.717, 1.165) is 49.3 Å². The molecule has 2 aromatic rings. The molecule has 1 amide bonds. The molecule has 0 aromatic carbocycles. The van der Waals surface area contributed by atoms with E-state index in [1.807, 2.05) is 12.1 Å². The summed E-state index contributed by atoms with van der Waals surface area (Å²) in [6, 6.07) is 6.35. The van der Waals surface area contributed by atoms with Gasteiger partial charge in [-0.2, -0.15) is 5.26 Å². The van der Waals surface area contributed by atoms with E-state index in [-0.39, 0.29) is 17.9 Å². The third-order valence-corrected chi connectivity index (χ3v) is 7.16. The van der Waals surface area contributed by atoms with Crippen LogP contribution < -0.4 is 10.6 Å². The number of piperazine rings is 1. The number of carbonyl (C=O) groups excluding carboxylic acids is 1. The van der Waals surface area contributed by atoms with Gasteiger partial charge in [-0.3, -0.25) is 4.79 Å². The SMILES string of the molecule is N#Cc1cc(-c2ccnc(N)n2)c(C2CC2)nc1N1CCN(C(=O)C2CC2)C(C2CC2)C1. The lowest BCUT2D eigenvalue weighted by atomic mass is 10.0. The van der Waals surface area contributed by atoms with Crippen LogP contribution in [0.25, 0.3) is 11.3 Å². The van der Waals surface area contributed by atoms with Crippen LogP contribution in [0.1, 0.15) is 55.7 Å². The number of rotatable bonds is 5. The fourth-order valence-electron chi connectivity index (χ4n) is 4.96. The quantitative estimate of drug-likeness (QED) is 0.777. The first-order chi connectivity index (χ1) is 15.6. The molecule has 32 heavy (non-hydrogen) atoms. The van der Waals surface area contributed by atoms with E-state index < -0.39 is 0 Å². The minimum Gasteiger partial charge on any atom is -0.368 e. The van der Waals surface area contributed by atoms with Crippen LogP contribution >= 0.6 is 0 Å². The Morgan fingerprint density at radius 1 is 1.12 bits per heavy atom. The zero-order valence-corrected chi connectivity index (χ0v) is 18.1. The Morgan fingerprint density at radius 2 is 1.94 bits per heavy atom. The van der Waals surface area contributed by atoms with Crippen molar-refractivity contribution in [3.05, 3.63) is 29.6 Å². The molecule has 0 bridgehead atoms. The van der Waals surface area contributed by atoms with Gasteiger partial charge in [0.05, 0.1) is 23.0 Å². The molecule has 3 saturated carbocycles. The molecule has 0 spiro atoms. The zero-order valence-electron chi connectivity index (χ0n) is 18.1. The van der Waals surface area contributed by atoms with Gasteiger partial charge in [-0.25, -0.2) is 15.0 Å². The average molecular weight is 430 g/mol. The minimum atomic E-state index is 0.218. The molecule has 6 rings (SSSR count). The molecule has 1 atom stereocenters. The van der Waals surface area contributed by atoms with Gasteiger partial charge in [0.1, 0.15) is 11.9 Å². The van der Waals surface area contributed by atoms with Crippen LogP contribution in [0.2, 0.25) is 0 Å². The molecule has 1 unspecified atom stereocenters. The molecule has 2 N–H and O–H groups in total. The summed E-state index contributed by atoms with van der Waals surface area (Å²) >= 11 is 0. The number of nitrogens with zero attached hydrogens (tertiary/aromatic N) is 6. The number of nitriles is 1. The zero-order chi connectivity index (χ0) is 21.8. The number of carbonyl (C=O) groups is 1. The molecule has 1 aliphatic heterocycles. The van der Waals surface area contributed by atoms with Gasteiger partial charge in [-0.1, -0.05) is 0 Å². The van der Waals surface area contributed by atoms with Gasteiger partial charge in [-0.05, 0) is 56.6 Å². The molecule has 1 saturated heterocycles. The summed E-state index contributed by atoms with van der Waals surface area (Å²) in [6.07, 6.45) is 8.29. The average Bonchev–Trinajstić information content (AvgIpc) is 3.66. The van der Waals surface area contributed by atoms with Gasteiger partial charge >= 0.3 is 0 Å². The summed E-state index contributed by atoms with van der Waals surface area (Å²) in [5, 5.41) is 9.99. The maximum Gasteiger partial charge on any atom is 0.226 e. The second-order valence-corrected chi connectivity index (χ2v) is 9.64. The van der Waals surface area contributed by atoms with Gasteiger partial charge in [-0.15, -0.1) is 0 Å². The highest BCUT2D eigenvalue weighted by Gasteiger charge is 2.45. The van der Waals surface area contributed by atoms with Crippen molar-refractivity contribution in [3.8, 4) is 17.3 Å². The second kappa shape index (κ2) is 7.44. The van der Waals surface area contributed by atoms with E-state index in [9.17, 15) is 10.1 Å². The first-order valence-corrected chi connectivity index (χ1v) is 11.7. The van der Waals surface area contributed by atoms with Gasteiger partial charge < -0.3 is 15.5 Å². The number of amides is 1. The molecular formula is C24H27N7O. The maximum atomic E-state index is 12.9. The number of hydrogen-bond acceptors (Lipinski definition) is 7. The van der Waals surface area contributed by atoms with Crippen LogP contribution in [-0.4, -0.2) is 51.4 Å². The number of nitrogens with two attached hydrogens (primary N) is 1. The predicted octanol–water partition coefficient (Wildman–Crippen LogP) is 2.71. The van der Waals surface area contributed by atoms with E-state index in [1.165, 1.54) is 12.8 Å². The fourth-order valence-corrected chi connectivity index (χ4v) is 4.96. The van der Waals surface area contributed by atoms with Crippen LogP contribution in [0.5, 0.6) is 0 Å². The van der Waals surface area contributed by atoms with Gasteiger partial charge in [0.15, 0.2) is 0 Å². The Balaban J connectivity index is 1.35. The van der Waals surface area contributed by atoms with E-state index in [4.69, 9.17) is 10.7 Å². The third-order valence-electron chi connectivity index (χ3n) is 7.16. The normalized spacial score (nSPS) is 23.2. The standard InChI is InChI=1S/C24H27N7O/c25-12-17-11-18(19-7-8-27-24(26)28-19)21(15-3-4-15)29-22(17)30-9-10-31(23(32)16-5-6-16)20(13-30)14-1-2-14/h7-8,11,14-16,20H,1-6,9-10,13H2,(H2,26,27,28). The fraction of sp³-hybridized carbons (Fsp3) is 0.542. The Labute approximate surface area is 187 Å². The van der Waals surface area contributed by atoms with Crippen LogP contribution in [0.4, 0.5) is 11.8 Å². The largest absolute Gasteiger partial charge is 0.368 e. The summed E-state index contributed by atoms with van der Waals surface area (Å²) in [6.45, 7) is 2.19. The lowest BCUT2D eigenvalue weighted by Gasteiger charge is -2.43. The molecule has 3 aliphatic carbocycles. The first-order valence-electron chi connectivity index (χ1n) is 11.7. The highest BCUT2D eigenvalue weighted by Crippen LogP contribution is 2.45. The molecule has 3 heterocycles. The van der Waals surface area contributed by atoms with E-state index >= 15 is 0 Å². The van der Waals surface area contributed by atoms with Crippen molar-refractivity contribution in [1.29, 1.82) is 5.26 Å². The van der Waals surface area contributed by atoms with Crippen molar-refractivity contribution >= 4 is 17.7 Å². The molecule has 2 aromatic heterocycles. The van der Waals surface area contributed by atoms with Crippen molar-refractivity contribution in [2.75, 3.05) is 30.3 Å². The molecule has 4 fully saturated rings. The summed E-state index contributed by atoms with van der Waals surface area (Å²) < 4.78 is 0. The summed E-state index contributed by atoms with van der Waals surface area (Å²) in [5.74, 6) is 2.53. The summed E-state index contributed by atoms with van der Waals surface area (Å²) in [4.78, 5) is 30.7. The van der Waals surface area contributed by atoms with E-state index in [2.05, 4.69) is 25.8 Å². The Hall–Kier alpha value is -3.21. The van der Waals surface area contributed by atoms with Crippen LogP contribution in [0, 0.1) is 23.2 Å². The first kappa shape index (κ1) is 19.5. The number of hydrogen-bond donors (Lipinski definition) is 1. The number of pyridine rings is 1. The Bertz CT molecular complexity index is 1110. The minimum absolute atomic E-state index is 0.218. The van der Waals surface area contributed by atoms with E-state index in [1.54, 1.807) is 6.20 Å². The molecule has 8 heteroatoms. The van der Waals surface area contributed by atoms with Crippen LogP contribution in [-0.2, 0) is 4.79 Å². The Morgan fingerprint density at radius 3 is 2.59 bits per heavy atom. The van der Waals surface area contributed by atoms with Crippen molar-refractivity contribution in [2.24, 2.45) is 11.8 Å². The van der Waals surface area contributed by atoms with E-state index in [0.29, 0.717) is 42.1 Å². The predicted molar refractivity (Wildman–Crippen MR) is 120 cm³/mol. The topological polar surface area (TPSA) is 112 Å². The lowest BCUT2D eigenvalue weighted by Crippen LogP contribution is -2.57. The number of aromatic nitrogens is 3.